The first-order valence-corrected chi connectivity index (χ1v) is 12.8. The van der Waals surface area contributed by atoms with Crippen LogP contribution in [0.15, 0.2) is 24.3 Å². The number of hydrogen-bond acceptors (Lipinski definition) is 4. The Kier molecular flexibility index (Phi) is 6.78. The molecule has 7 heteroatoms. The van der Waals surface area contributed by atoms with Crippen molar-refractivity contribution in [3.05, 3.63) is 29.8 Å². The number of sulfonamides is 1. The summed E-state index contributed by atoms with van der Waals surface area (Å²) in [6, 6.07) is 7.18. The van der Waals surface area contributed by atoms with E-state index >= 15 is 0 Å². The van der Waals surface area contributed by atoms with Crippen LogP contribution >= 0.6 is 0 Å². The zero-order valence-electron chi connectivity index (χ0n) is 15.5. The highest BCUT2D eigenvalue weighted by Gasteiger charge is 2.34. The normalized spacial score (nSPS) is 12.9. The van der Waals surface area contributed by atoms with Crippen molar-refractivity contribution >= 4 is 29.4 Å². The maximum Gasteiger partial charge on any atom is 0.258 e. The van der Waals surface area contributed by atoms with Crippen LogP contribution in [0.4, 0.5) is 5.69 Å². The smallest absolute Gasteiger partial charge is 0.258 e. The SMILES string of the molecule is CC(C)(C)CC(=O)[Si](C)(C)OCCc1ccc(NS(C)(=O)=O)cc1. The predicted molar refractivity (Wildman–Crippen MR) is 101 cm³/mol. The molecule has 5 nitrogen and oxygen atoms in total. The molecule has 0 aromatic heterocycles. The van der Waals surface area contributed by atoms with E-state index in [-0.39, 0.29) is 10.8 Å². The van der Waals surface area contributed by atoms with E-state index < -0.39 is 18.3 Å². The van der Waals surface area contributed by atoms with Gasteiger partial charge in [-0.1, -0.05) is 32.9 Å². The third kappa shape index (κ3) is 8.08. The van der Waals surface area contributed by atoms with Gasteiger partial charge in [-0.15, -0.1) is 0 Å². The lowest BCUT2D eigenvalue weighted by Crippen LogP contribution is -2.43. The molecule has 1 N–H and O–H groups in total. The molecule has 0 spiro atoms. The van der Waals surface area contributed by atoms with Crippen molar-refractivity contribution in [1.82, 2.24) is 0 Å². The van der Waals surface area contributed by atoms with Crippen LogP contribution in [0.25, 0.3) is 0 Å². The van der Waals surface area contributed by atoms with E-state index in [1.54, 1.807) is 12.1 Å². The molecule has 0 aliphatic carbocycles. The van der Waals surface area contributed by atoms with Gasteiger partial charge in [0.25, 0.3) is 8.32 Å². The van der Waals surface area contributed by atoms with E-state index in [1.165, 1.54) is 0 Å². The van der Waals surface area contributed by atoms with Gasteiger partial charge in [-0.2, -0.15) is 0 Å². The van der Waals surface area contributed by atoms with E-state index in [4.69, 9.17) is 4.43 Å². The van der Waals surface area contributed by atoms with Crippen LogP contribution in [0.2, 0.25) is 13.1 Å². The molecule has 0 aliphatic heterocycles. The summed E-state index contributed by atoms with van der Waals surface area (Å²) in [4.78, 5) is 12.4. The van der Waals surface area contributed by atoms with Gasteiger partial charge in [0.05, 0.1) is 6.26 Å². The monoisotopic (exact) mass is 371 g/mol. The van der Waals surface area contributed by atoms with Crippen molar-refractivity contribution in [3.8, 4) is 0 Å². The summed E-state index contributed by atoms with van der Waals surface area (Å²) in [6.07, 6.45) is 2.35. The van der Waals surface area contributed by atoms with Gasteiger partial charge in [0, 0.05) is 18.7 Å². The number of carbonyl (C=O) groups is 1. The highest BCUT2D eigenvalue weighted by molar-refractivity contribution is 7.92. The molecule has 24 heavy (non-hydrogen) atoms. The van der Waals surface area contributed by atoms with Gasteiger partial charge in [0.15, 0.2) is 0 Å². The van der Waals surface area contributed by atoms with E-state index in [9.17, 15) is 13.2 Å². The van der Waals surface area contributed by atoms with Crippen LogP contribution < -0.4 is 4.72 Å². The van der Waals surface area contributed by atoms with Crippen molar-refractivity contribution < 1.29 is 17.6 Å². The molecule has 1 rings (SSSR count). The van der Waals surface area contributed by atoms with Crippen LogP contribution in [0.1, 0.15) is 32.8 Å². The minimum atomic E-state index is -3.26. The van der Waals surface area contributed by atoms with Gasteiger partial charge in [0.2, 0.25) is 10.0 Å². The number of carbonyl (C=O) groups excluding carboxylic acids is 1. The topological polar surface area (TPSA) is 72.5 Å². The summed E-state index contributed by atoms with van der Waals surface area (Å²) in [5.74, 6) is 0. The summed E-state index contributed by atoms with van der Waals surface area (Å²) in [5.41, 5.74) is 1.56. The highest BCUT2D eigenvalue weighted by atomic mass is 32.2. The fourth-order valence-electron chi connectivity index (χ4n) is 2.15. The standard InChI is InChI=1S/C17H29NO4SSi/c1-17(2,3)13-16(19)24(5,6)22-12-11-14-7-9-15(10-8-14)18-23(4,20)21/h7-10,18H,11-13H2,1-6H3. The third-order valence-electron chi connectivity index (χ3n) is 3.47. The average Bonchev–Trinajstić information content (AvgIpc) is 2.37. The van der Waals surface area contributed by atoms with Gasteiger partial charge >= 0.3 is 0 Å². The van der Waals surface area contributed by atoms with Crippen LogP contribution in [0, 0.1) is 5.41 Å². The van der Waals surface area contributed by atoms with E-state index in [0.717, 1.165) is 11.8 Å². The Labute approximate surface area is 147 Å². The lowest BCUT2D eigenvalue weighted by Gasteiger charge is -2.26. The number of benzene rings is 1. The molecule has 136 valence electrons. The highest BCUT2D eigenvalue weighted by Crippen LogP contribution is 2.23. The Morgan fingerprint density at radius 3 is 2.17 bits per heavy atom. The molecule has 0 aliphatic rings. The molecule has 1 aromatic rings. The van der Waals surface area contributed by atoms with Gasteiger partial charge in [-0.25, -0.2) is 8.42 Å². The first-order valence-electron chi connectivity index (χ1n) is 8.02. The van der Waals surface area contributed by atoms with Crippen molar-refractivity contribution in [2.75, 3.05) is 17.6 Å². The fourth-order valence-corrected chi connectivity index (χ4v) is 4.45. The minimum Gasteiger partial charge on any atom is -0.409 e. The number of nitrogens with one attached hydrogen (secondary N) is 1. The summed E-state index contributed by atoms with van der Waals surface area (Å²) in [5, 5.41) is 0.239. The van der Waals surface area contributed by atoms with Crippen molar-refractivity contribution in [2.45, 2.75) is 46.7 Å². The first kappa shape index (κ1) is 20.9. The second-order valence-electron chi connectivity index (χ2n) is 7.84. The lowest BCUT2D eigenvalue weighted by molar-refractivity contribution is -0.115. The molecule has 0 saturated heterocycles. The number of hydrogen-bond donors (Lipinski definition) is 1. The Morgan fingerprint density at radius 1 is 1.17 bits per heavy atom. The molecular formula is C17H29NO4SSi. The first-order chi connectivity index (χ1) is 10.8. The molecule has 0 unspecified atom stereocenters. The van der Waals surface area contributed by atoms with Crippen LogP contribution in [0.3, 0.4) is 0 Å². The minimum absolute atomic E-state index is 0.0207. The van der Waals surface area contributed by atoms with Gasteiger partial charge in [-0.3, -0.25) is 4.72 Å². The van der Waals surface area contributed by atoms with Crippen LogP contribution in [-0.4, -0.2) is 35.0 Å². The fraction of sp³-hybridized carbons (Fsp3) is 0.588. The third-order valence-corrected chi connectivity index (χ3v) is 6.53. The maximum absolute atomic E-state index is 12.4. The number of anilines is 1. The molecule has 0 amide bonds. The van der Waals surface area contributed by atoms with E-state index in [2.05, 4.69) is 25.5 Å². The van der Waals surface area contributed by atoms with Crippen molar-refractivity contribution in [3.63, 3.8) is 0 Å². The van der Waals surface area contributed by atoms with E-state index in [0.29, 0.717) is 25.1 Å². The Bertz CT molecular complexity index is 661. The molecule has 0 heterocycles. The quantitative estimate of drug-likeness (QED) is 0.711. The summed E-state index contributed by atoms with van der Waals surface area (Å²) in [7, 11) is -5.60. The zero-order valence-corrected chi connectivity index (χ0v) is 17.3. The van der Waals surface area contributed by atoms with Crippen molar-refractivity contribution in [2.24, 2.45) is 5.41 Å². The largest absolute Gasteiger partial charge is 0.409 e. The van der Waals surface area contributed by atoms with Crippen LogP contribution in [-0.2, 0) is 25.7 Å². The molecule has 1 aromatic carbocycles. The zero-order chi connectivity index (χ0) is 18.6. The van der Waals surface area contributed by atoms with Crippen molar-refractivity contribution in [1.29, 1.82) is 0 Å². The molecular weight excluding hydrogens is 342 g/mol. The van der Waals surface area contributed by atoms with Gasteiger partial charge in [0.1, 0.15) is 5.41 Å². The summed E-state index contributed by atoms with van der Waals surface area (Å²) in [6.45, 7) is 10.6. The summed E-state index contributed by atoms with van der Waals surface area (Å²) < 4.78 is 30.7. The Morgan fingerprint density at radius 2 is 1.71 bits per heavy atom. The van der Waals surface area contributed by atoms with Crippen LogP contribution in [0.5, 0.6) is 0 Å². The summed E-state index contributed by atoms with van der Waals surface area (Å²) >= 11 is 0. The molecule has 0 bridgehead atoms. The average molecular weight is 372 g/mol. The number of rotatable bonds is 8. The molecule has 0 atom stereocenters. The van der Waals surface area contributed by atoms with Gasteiger partial charge in [-0.05, 0) is 42.6 Å². The molecule has 0 saturated carbocycles. The molecule has 0 radical (unpaired) electrons. The van der Waals surface area contributed by atoms with E-state index in [1.807, 2.05) is 25.2 Å². The second kappa shape index (κ2) is 7.80. The maximum atomic E-state index is 12.4. The molecule has 0 fully saturated rings. The van der Waals surface area contributed by atoms with Gasteiger partial charge < -0.3 is 9.22 Å². The second-order valence-corrected chi connectivity index (χ2v) is 13.5. The lowest BCUT2D eigenvalue weighted by atomic mass is 9.93. The Balaban J connectivity index is 2.53. The predicted octanol–water partition coefficient (Wildman–Crippen LogP) is 3.37. The Hall–Kier alpha value is -1.18.